The van der Waals surface area contributed by atoms with E-state index in [1.165, 1.54) is 5.56 Å². The molecule has 2 rings (SSSR count). The molecule has 0 saturated carbocycles. The van der Waals surface area contributed by atoms with E-state index in [1.807, 2.05) is 29.8 Å². The molecule has 1 unspecified atom stereocenters. The normalized spacial score (nSPS) is 12.4. The minimum Gasteiger partial charge on any atom is -0.487 e. The third-order valence-electron chi connectivity index (χ3n) is 3.64. The van der Waals surface area contributed by atoms with Gasteiger partial charge in [0.2, 0.25) is 0 Å². The van der Waals surface area contributed by atoms with Gasteiger partial charge in [0.25, 0.3) is 0 Å². The Morgan fingerprint density at radius 3 is 2.76 bits per heavy atom. The van der Waals surface area contributed by atoms with Crippen molar-refractivity contribution in [2.45, 2.75) is 52.8 Å². The number of nitrogens with two attached hydrogens (primary N) is 1. The van der Waals surface area contributed by atoms with Crippen LogP contribution >= 0.6 is 0 Å². The average Bonchev–Trinajstić information content (AvgIpc) is 2.86. The van der Waals surface area contributed by atoms with Crippen molar-refractivity contribution in [2.24, 2.45) is 5.73 Å². The molecule has 2 aromatic rings. The van der Waals surface area contributed by atoms with Crippen molar-refractivity contribution in [3.05, 3.63) is 47.3 Å². The number of nitrogens with zero attached hydrogens (tertiary/aromatic N) is 2. The van der Waals surface area contributed by atoms with Crippen LogP contribution < -0.4 is 10.5 Å². The quantitative estimate of drug-likeness (QED) is 0.851. The van der Waals surface area contributed by atoms with Crippen LogP contribution in [0.3, 0.4) is 0 Å². The van der Waals surface area contributed by atoms with Crippen LogP contribution in [0.5, 0.6) is 5.75 Å². The Balaban J connectivity index is 2.09. The lowest BCUT2D eigenvalue weighted by molar-refractivity contribution is 0.289. The SMILES string of the molecule is CCC(N)Cc1ccccc1OCc1cc(C)nn1CC. The standard InChI is InChI=1S/C17H25N3O/c1-4-15(18)11-14-8-6-7-9-17(14)21-12-16-10-13(3)19-20(16)5-2/h6-10,15H,4-5,11-12,18H2,1-3H3. The molecule has 0 aliphatic rings. The van der Waals surface area contributed by atoms with Crippen LogP contribution in [0.25, 0.3) is 0 Å². The van der Waals surface area contributed by atoms with Crippen molar-refractivity contribution in [3.63, 3.8) is 0 Å². The maximum absolute atomic E-state index is 6.06. The summed E-state index contributed by atoms with van der Waals surface area (Å²) in [5.74, 6) is 0.919. The molecule has 0 amide bonds. The molecule has 2 N–H and O–H groups in total. The number of aromatic nitrogens is 2. The van der Waals surface area contributed by atoms with Crippen molar-refractivity contribution in [1.82, 2.24) is 9.78 Å². The molecule has 0 fully saturated rings. The van der Waals surface area contributed by atoms with Gasteiger partial charge >= 0.3 is 0 Å². The van der Waals surface area contributed by atoms with Gasteiger partial charge < -0.3 is 10.5 Å². The Bertz CT molecular complexity index is 577. The van der Waals surface area contributed by atoms with Crippen LogP contribution in [-0.2, 0) is 19.6 Å². The van der Waals surface area contributed by atoms with Gasteiger partial charge in [-0.05, 0) is 44.4 Å². The molecule has 4 nitrogen and oxygen atoms in total. The second-order valence-corrected chi connectivity index (χ2v) is 5.36. The zero-order chi connectivity index (χ0) is 15.2. The minimum absolute atomic E-state index is 0.179. The van der Waals surface area contributed by atoms with Gasteiger partial charge in [-0.15, -0.1) is 0 Å². The molecule has 0 aliphatic heterocycles. The Hall–Kier alpha value is -1.81. The molecule has 4 heteroatoms. The van der Waals surface area contributed by atoms with E-state index in [9.17, 15) is 0 Å². The molecule has 0 saturated heterocycles. The molecule has 1 aromatic heterocycles. The highest BCUT2D eigenvalue weighted by Gasteiger charge is 2.09. The summed E-state index contributed by atoms with van der Waals surface area (Å²) in [7, 11) is 0. The second kappa shape index (κ2) is 7.27. The predicted octanol–water partition coefficient (Wildman–Crippen LogP) is 3.07. The molecule has 0 bridgehead atoms. The Morgan fingerprint density at radius 1 is 1.29 bits per heavy atom. The summed E-state index contributed by atoms with van der Waals surface area (Å²) in [5.41, 5.74) is 9.36. The fourth-order valence-electron chi connectivity index (χ4n) is 2.38. The lowest BCUT2D eigenvalue weighted by atomic mass is 10.0. The van der Waals surface area contributed by atoms with Crippen LogP contribution in [0.2, 0.25) is 0 Å². The van der Waals surface area contributed by atoms with Gasteiger partial charge in [-0.3, -0.25) is 4.68 Å². The average molecular weight is 287 g/mol. The number of hydrogen-bond donors (Lipinski definition) is 1. The van der Waals surface area contributed by atoms with Crippen LogP contribution in [-0.4, -0.2) is 15.8 Å². The van der Waals surface area contributed by atoms with Gasteiger partial charge in [0.15, 0.2) is 0 Å². The molecular formula is C17H25N3O. The third-order valence-corrected chi connectivity index (χ3v) is 3.64. The fourth-order valence-corrected chi connectivity index (χ4v) is 2.38. The maximum Gasteiger partial charge on any atom is 0.130 e. The number of aryl methyl sites for hydroxylation is 2. The van der Waals surface area contributed by atoms with E-state index in [2.05, 4.69) is 31.1 Å². The number of rotatable bonds is 7. The summed E-state index contributed by atoms with van der Waals surface area (Å²) < 4.78 is 7.99. The first-order valence-corrected chi connectivity index (χ1v) is 7.63. The monoisotopic (exact) mass is 287 g/mol. The highest BCUT2D eigenvalue weighted by atomic mass is 16.5. The summed E-state index contributed by atoms with van der Waals surface area (Å²) in [6.07, 6.45) is 1.81. The number of para-hydroxylation sites is 1. The van der Waals surface area contributed by atoms with Gasteiger partial charge in [0.05, 0.1) is 11.4 Å². The largest absolute Gasteiger partial charge is 0.487 e. The first-order chi connectivity index (χ1) is 10.1. The summed E-state index contributed by atoms with van der Waals surface area (Å²) in [6, 6.07) is 10.4. The van der Waals surface area contributed by atoms with E-state index < -0.39 is 0 Å². The van der Waals surface area contributed by atoms with Crippen LogP contribution in [0, 0.1) is 6.92 Å². The van der Waals surface area contributed by atoms with Crippen LogP contribution in [0.15, 0.2) is 30.3 Å². The van der Waals surface area contributed by atoms with Crippen molar-refractivity contribution in [2.75, 3.05) is 0 Å². The van der Waals surface area contributed by atoms with E-state index in [0.29, 0.717) is 6.61 Å². The molecule has 0 radical (unpaired) electrons. The summed E-state index contributed by atoms with van der Waals surface area (Å²) in [5, 5.41) is 4.44. The van der Waals surface area contributed by atoms with Crippen molar-refractivity contribution in [3.8, 4) is 5.75 Å². The van der Waals surface area contributed by atoms with E-state index in [-0.39, 0.29) is 6.04 Å². The van der Waals surface area contributed by atoms with E-state index in [4.69, 9.17) is 10.5 Å². The molecule has 1 atom stereocenters. The van der Waals surface area contributed by atoms with E-state index >= 15 is 0 Å². The molecule has 0 spiro atoms. The van der Waals surface area contributed by atoms with Crippen molar-refractivity contribution >= 4 is 0 Å². The number of ether oxygens (including phenoxy) is 1. The third kappa shape index (κ3) is 4.08. The smallest absolute Gasteiger partial charge is 0.130 e. The molecule has 114 valence electrons. The molecule has 0 aliphatic carbocycles. The van der Waals surface area contributed by atoms with Gasteiger partial charge in [0.1, 0.15) is 12.4 Å². The topological polar surface area (TPSA) is 53.1 Å². The van der Waals surface area contributed by atoms with Gasteiger partial charge in [-0.25, -0.2) is 0 Å². The highest BCUT2D eigenvalue weighted by molar-refractivity contribution is 5.34. The van der Waals surface area contributed by atoms with Gasteiger partial charge in [-0.2, -0.15) is 5.10 Å². The summed E-state index contributed by atoms with van der Waals surface area (Å²) in [6.45, 7) is 7.59. The fraction of sp³-hybridized carbons (Fsp3) is 0.471. The van der Waals surface area contributed by atoms with Crippen LogP contribution in [0.4, 0.5) is 0 Å². The molecule has 1 aromatic carbocycles. The Labute approximate surface area is 126 Å². The first-order valence-electron chi connectivity index (χ1n) is 7.63. The molecule has 21 heavy (non-hydrogen) atoms. The molecule has 1 heterocycles. The second-order valence-electron chi connectivity index (χ2n) is 5.36. The minimum atomic E-state index is 0.179. The lowest BCUT2D eigenvalue weighted by Gasteiger charge is -2.14. The number of benzene rings is 1. The van der Waals surface area contributed by atoms with E-state index in [0.717, 1.165) is 36.5 Å². The summed E-state index contributed by atoms with van der Waals surface area (Å²) >= 11 is 0. The Kier molecular flexibility index (Phi) is 5.39. The van der Waals surface area contributed by atoms with Gasteiger partial charge in [-0.1, -0.05) is 25.1 Å². The van der Waals surface area contributed by atoms with Crippen LogP contribution in [0.1, 0.15) is 37.2 Å². The van der Waals surface area contributed by atoms with Crippen molar-refractivity contribution < 1.29 is 4.74 Å². The zero-order valence-electron chi connectivity index (χ0n) is 13.2. The highest BCUT2D eigenvalue weighted by Crippen LogP contribution is 2.21. The zero-order valence-corrected chi connectivity index (χ0v) is 13.2. The molecular weight excluding hydrogens is 262 g/mol. The lowest BCUT2D eigenvalue weighted by Crippen LogP contribution is -2.21. The Morgan fingerprint density at radius 2 is 2.05 bits per heavy atom. The summed E-state index contributed by atoms with van der Waals surface area (Å²) in [4.78, 5) is 0. The maximum atomic E-state index is 6.06. The van der Waals surface area contributed by atoms with E-state index in [1.54, 1.807) is 0 Å². The van der Waals surface area contributed by atoms with Crippen molar-refractivity contribution in [1.29, 1.82) is 0 Å². The number of hydrogen-bond acceptors (Lipinski definition) is 3. The predicted molar refractivity (Wildman–Crippen MR) is 85.4 cm³/mol. The first kappa shape index (κ1) is 15.6. The van der Waals surface area contributed by atoms with Gasteiger partial charge in [0, 0.05) is 12.6 Å².